The van der Waals surface area contributed by atoms with Gasteiger partial charge in [-0.05, 0) is 43.0 Å². The number of hydrogen-bond donors (Lipinski definition) is 1. The van der Waals surface area contributed by atoms with Crippen LogP contribution in [0.5, 0.6) is 5.75 Å². The van der Waals surface area contributed by atoms with Crippen molar-refractivity contribution < 1.29 is 17.9 Å². The number of ether oxygens (including phenoxy) is 1. The van der Waals surface area contributed by atoms with Crippen LogP contribution in [-0.2, 0) is 14.8 Å². The van der Waals surface area contributed by atoms with Gasteiger partial charge in [-0.2, -0.15) is 0 Å². The number of benzene rings is 2. The van der Waals surface area contributed by atoms with E-state index in [0.29, 0.717) is 30.4 Å². The Morgan fingerprint density at radius 1 is 1.10 bits per heavy atom. The van der Waals surface area contributed by atoms with Crippen molar-refractivity contribution in [2.75, 3.05) is 29.0 Å². The normalized spacial score (nSPS) is 11.3. The first kappa shape index (κ1) is 22.7. The first-order chi connectivity index (χ1) is 13.7. The lowest BCUT2D eigenvalue weighted by molar-refractivity contribution is -0.116. The van der Waals surface area contributed by atoms with Gasteiger partial charge in [0.15, 0.2) is 0 Å². The van der Waals surface area contributed by atoms with Crippen LogP contribution in [0.1, 0.15) is 45.1 Å². The summed E-state index contributed by atoms with van der Waals surface area (Å²) in [6, 6.07) is 14.7. The van der Waals surface area contributed by atoms with Crippen LogP contribution in [0.15, 0.2) is 48.5 Å². The van der Waals surface area contributed by atoms with Gasteiger partial charge in [0.1, 0.15) is 5.75 Å². The summed E-state index contributed by atoms with van der Waals surface area (Å²) in [7, 11) is -3.51. The molecule has 0 radical (unpaired) electrons. The third-order valence-electron chi connectivity index (χ3n) is 4.46. The van der Waals surface area contributed by atoms with E-state index in [0.717, 1.165) is 17.5 Å². The van der Waals surface area contributed by atoms with Gasteiger partial charge in [0.25, 0.3) is 0 Å². The van der Waals surface area contributed by atoms with E-state index in [1.54, 1.807) is 24.3 Å². The zero-order valence-electron chi connectivity index (χ0n) is 17.5. The first-order valence-corrected chi connectivity index (χ1v) is 11.7. The highest BCUT2D eigenvalue weighted by atomic mass is 32.2. The fraction of sp³-hybridized carbons (Fsp3) is 0.409. The Kier molecular flexibility index (Phi) is 8.08. The summed E-state index contributed by atoms with van der Waals surface area (Å²) in [6.45, 7) is 6.63. The molecule has 0 aromatic heterocycles. The molecule has 0 saturated heterocycles. The predicted molar refractivity (Wildman–Crippen MR) is 118 cm³/mol. The molecule has 0 saturated carbocycles. The molecule has 7 heteroatoms. The average Bonchev–Trinajstić information content (AvgIpc) is 2.65. The van der Waals surface area contributed by atoms with Crippen molar-refractivity contribution in [3.63, 3.8) is 0 Å². The molecule has 0 aliphatic heterocycles. The van der Waals surface area contributed by atoms with Crippen LogP contribution >= 0.6 is 0 Å². The molecule has 0 fully saturated rings. The molecule has 158 valence electrons. The Hall–Kier alpha value is -2.54. The van der Waals surface area contributed by atoms with Crippen molar-refractivity contribution in [2.45, 2.75) is 39.5 Å². The van der Waals surface area contributed by atoms with Crippen LogP contribution in [0.25, 0.3) is 0 Å². The number of anilines is 2. The van der Waals surface area contributed by atoms with E-state index >= 15 is 0 Å². The average molecular weight is 419 g/mol. The molecule has 1 amide bonds. The smallest absolute Gasteiger partial charge is 0.232 e. The Morgan fingerprint density at radius 3 is 2.41 bits per heavy atom. The van der Waals surface area contributed by atoms with Gasteiger partial charge >= 0.3 is 0 Å². The number of sulfonamides is 1. The third-order valence-corrected chi connectivity index (χ3v) is 5.64. The Balaban J connectivity index is 2.06. The fourth-order valence-electron chi connectivity index (χ4n) is 3.12. The highest BCUT2D eigenvalue weighted by Gasteiger charge is 2.21. The van der Waals surface area contributed by atoms with Crippen LogP contribution in [0.3, 0.4) is 0 Å². The van der Waals surface area contributed by atoms with Gasteiger partial charge in [-0.15, -0.1) is 0 Å². The summed E-state index contributed by atoms with van der Waals surface area (Å²) in [4.78, 5) is 12.4. The molecule has 0 heterocycles. The highest BCUT2D eigenvalue weighted by molar-refractivity contribution is 7.92. The summed E-state index contributed by atoms with van der Waals surface area (Å²) < 4.78 is 31.6. The first-order valence-electron chi connectivity index (χ1n) is 9.82. The number of para-hydroxylation sites is 3. The van der Waals surface area contributed by atoms with Gasteiger partial charge in [0.2, 0.25) is 15.9 Å². The lowest BCUT2D eigenvalue weighted by Crippen LogP contribution is -2.32. The minimum Gasteiger partial charge on any atom is -0.492 e. The Labute approximate surface area is 173 Å². The van der Waals surface area contributed by atoms with Crippen molar-refractivity contribution in [2.24, 2.45) is 0 Å². The van der Waals surface area contributed by atoms with Gasteiger partial charge in [0, 0.05) is 18.7 Å². The molecule has 1 N–H and O–H groups in total. The van der Waals surface area contributed by atoms with Gasteiger partial charge in [0.05, 0.1) is 18.6 Å². The number of rotatable bonds is 10. The van der Waals surface area contributed by atoms with E-state index in [2.05, 4.69) is 19.2 Å². The molecule has 0 aliphatic rings. The largest absolute Gasteiger partial charge is 0.492 e. The van der Waals surface area contributed by atoms with E-state index in [1.165, 1.54) is 4.31 Å². The molecule has 0 unspecified atom stereocenters. The summed E-state index contributed by atoms with van der Waals surface area (Å²) >= 11 is 0. The van der Waals surface area contributed by atoms with Crippen LogP contribution in [0, 0.1) is 0 Å². The Morgan fingerprint density at radius 2 is 1.76 bits per heavy atom. The maximum atomic E-state index is 12.4. The van der Waals surface area contributed by atoms with Crippen LogP contribution in [0.4, 0.5) is 11.4 Å². The minimum absolute atomic E-state index is 0.135. The molecular weight excluding hydrogens is 388 g/mol. The Bertz CT molecular complexity index is 926. The number of nitrogens with zero attached hydrogens (tertiary/aromatic N) is 1. The molecule has 0 atom stereocenters. The topological polar surface area (TPSA) is 75.7 Å². The second kappa shape index (κ2) is 10.3. The molecule has 0 spiro atoms. The van der Waals surface area contributed by atoms with E-state index in [9.17, 15) is 13.2 Å². The second-order valence-electron chi connectivity index (χ2n) is 7.13. The fourth-order valence-corrected chi connectivity index (χ4v) is 4.08. The highest BCUT2D eigenvalue weighted by Crippen LogP contribution is 2.30. The molecule has 0 bridgehead atoms. The molecule has 2 aromatic carbocycles. The summed E-state index contributed by atoms with van der Waals surface area (Å²) in [5.74, 6) is 0.669. The third kappa shape index (κ3) is 6.49. The van der Waals surface area contributed by atoms with Crippen LogP contribution in [0.2, 0.25) is 0 Å². The summed E-state index contributed by atoms with van der Waals surface area (Å²) in [5.41, 5.74) is 2.36. The standard InChI is InChI=1S/C22H30N2O4S/c1-5-28-21-14-9-8-13-20(21)24(29(4,26)27)16-10-15-22(25)23-19-12-7-6-11-18(19)17(2)3/h6-9,11-14,17H,5,10,15-16H2,1-4H3,(H,23,25). The monoisotopic (exact) mass is 418 g/mol. The maximum absolute atomic E-state index is 12.4. The zero-order chi connectivity index (χ0) is 21.4. The van der Waals surface area contributed by atoms with Crippen molar-refractivity contribution in [3.05, 3.63) is 54.1 Å². The van der Waals surface area contributed by atoms with E-state index in [-0.39, 0.29) is 18.9 Å². The van der Waals surface area contributed by atoms with Crippen molar-refractivity contribution in [1.29, 1.82) is 0 Å². The predicted octanol–water partition coefficient (Wildman–Crippen LogP) is 4.39. The molecule has 2 rings (SSSR count). The van der Waals surface area contributed by atoms with E-state index in [4.69, 9.17) is 4.74 Å². The number of carbonyl (C=O) groups is 1. The van der Waals surface area contributed by atoms with Crippen LogP contribution < -0.4 is 14.4 Å². The number of carbonyl (C=O) groups excluding carboxylic acids is 1. The lowest BCUT2D eigenvalue weighted by atomic mass is 10.0. The summed E-state index contributed by atoms with van der Waals surface area (Å²) in [6.07, 6.45) is 1.77. The van der Waals surface area contributed by atoms with E-state index < -0.39 is 10.0 Å². The molecule has 2 aromatic rings. The van der Waals surface area contributed by atoms with Gasteiger partial charge in [-0.1, -0.05) is 44.2 Å². The SMILES string of the molecule is CCOc1ccccc1N(CCCC(=O)Nc1ccccc1C(C)C)S(C)(=O)=O. The molecular formula is C22H30N2O4S. The van der Waals surface area contributed by atoms with Crippen molar-refractivity contribution in [1.82, 2.24) is 0 Å². The summed E-state index contributed by atoms with van der Waals surface area (Å²) in [5, 5.41) is 2.94. The number of nitrogens with one attached hydrogen (secondary N) is 1. The lowest BCUT2D eigenvalue weighted by Gasteiger charge is -2.24. The van der Waals surface area contributed by atoms with Crippen LogP contribution in [-0.4, -0.2) is 33.7 Å². The van der Waals surface area contributed by atoms with Crippen molar-refractivity contribution in [3.8, 4) is 5.75 Å². The zero-order valence-corrected chi connectivity index (χ0v) is 18.3. The molecule has 0 aliphatic carbocycles. The van der Waals surface area contributed by atoms with E-state index in [1.807, 2.05) is 31.2 Å². The number of amides is 1. The molecule has 6 nitrogen and oxygen atoms in total. The van der Waals surface area contributed by atoms with Gasteiger partial charge < -0.3 is 10.1 Å². The maximum Gasteiger partial charge on any atom is 0.232 e. The van der Waals surface area contributed by atoms with Gasteiger partial charge in [-0.3, -0.25) is 9.10 Å². The quantitative estimate of drug-likeness (QED) is 0.621. The minimum atomic E-state index is -3.51. The van der Waals surface area contributed by atoms with Crippen molar-refractivity contribution >= 4 is 27.3 Å². The second-order valence-corrected chi connectivity index (χ2v) is 9.04. The number of hydrogen-bond acceptors (Lipinski definition) is 4. The molecule has 29 heavy (non-hydrogen) atoms. The van der Waals surface area contributed by atoms with Gasteiger partial charge in [-0.25, -0.2) is 8.42 Å².